The van der Waals surface area contributed by atoms with Crippen molar-refractivity contribution in [3.8, 4) is 5.75 Å². The summed E-state index contributed by atoms with van der Waals surface area (Å²) in [5, 5.41) is 3.67. The van der Waals surface area contributed by atoms with Gasteiger partial charge < -0.3 is 10.1 Å². The molecule has 0 unspecified atom stereocenters. The molecular weight excluding hydrogens is 366 g/mol. The average Bonchev–Trinajstić information content (AvgIpc) is 2.60. The molecule has 0 aromatic heterocycles. The number of halogens is 1. The average molecular weight is 392 g/mol. The van der Waals surface area contributed by atoms with E-state index in [4.69, 9.17) is 16.3 Å². The molecule has 1 amide bonds. The number of nitrogens with one attached hydrogen (secondary N) is 1. The number of ether oxygens (including phenoxy) is 1. The molecule has 2 aromatic carbocycles. The maximum Gasteiger partial charge on any atom is 0.260 e. The summed E-state index contributed by atoms with van der Waals surface area (Å²) in [4.78, 5) is 12.2. The summed E-state index contributed by atoms with van der Waals surface area (Å²) in [6.45, 7) is 8.37. The second kappa shape index (κ2) is 9.89. The van der Waals surface area contributed by atoms with Gasteiger partial charge in [0.2, 0.25) is 0 Å². The third-order valence-corrected chi connectivity index (χ3v) is 5.76. The molecule has 0 aliphatic carbocycles. The summed E-state index contributed by atoms with van der Waals surface area (Å²) < 4.78 is 5.76. The predicted octanol–water partition coefficient (Wildman–Crippen LogP) is 5.08. The number of amides is 1. The van der Waals surface area contributed by atoms with Crippen LogP contribution in [0.5, 0.6) is 5.75 Å². The van der Waals surface area contributed by atoms with Crippen molar-refractivity contribution >= 4 is 29.3 Å². The number of benzene rings is 2. The van der Waals surface area contributed by atoms with Crippen LogP contribution in [0, 0.1) is 20.8 Å². The third-order valence-electron chi connectivity index (χ3n) is 4.16. The van der Waals surface area contributed by atoms with Crippen molar-refractivity contribution in [2.24, 2.45) is 0 Å². The Morgan fingerprint density at radius 1 is 1.15 bits per heavy atom. The zero-order chi connectivity index (χ0) is 19.1. The Morgan fingerprint density at radius 2 is 1.81 bits per heavy atom. The first-order valence-corrected chi connectivity index (χ1v) is 10.2. The summed E-state index contributed by atoms with van der Waals surface area (Å²) in [5.74, 6) is 2.39. The number of carbonyl (C=O) groups excluding carboxylic acids is 1. The molecule has 140 valence electrons. The van der Waals surface area contributed by atoms with Gasteiger partial charge in [0, 0.05) is 23.1 Å². The molecule has 0 saturated carbocycles. The van der Waals surface area contributed by atoms with Crippen LogP contribution < -0.4 is 10.1 Å². The van der Waals surface area contributed by atoms with Crippen molar-refractivity contribution < 1.29 is 9.53 Å². The van der Waals surface area contributed by atoms with Crippen LogP contribution in [0.4, 0.5) is 0 Å². The summed E-state index contributed by atoms with van der Waals surface area (Å²) in [6.07, 6.45) is -0.545. The van der Waals surface area contributed by atoms with Crippen LogP contribution in [0.1, 0.15) is 29.2 Å². The van der Waals surface area contributed by atoms with Crippen LogP contribution in [0.2, 0.25) is 5.02 Å². The Morgan fingerprint density at radius 3 is 2.46 bits per heavy atom. The maximum atomic E-state index is 12.2. The summed E-state index contributed by atoms with van der Waals surface area (Å²) in [6, 6.07) is 12.1. The predicted molar refractivity (Wildman–Crippen MR) is 111 cm³/mol. The largest absolute Gasteiger partial charge is 0.481 e. The number of carbonyl (C=O) groups is 1. The van der Waals surface area contributed by atoms with E-state index in [1.54, 1.807) is 6.92 Å². The normalized spacial score (nSPS) is 11.9. The Bertz CT molecular complexity index is 740. The Kier molecular flexibility index (Phi) is 7.85. The van der Waals surface area contributed by atoms with Crippen LogP contribution in [0.3, 0.4) is 0 Å². The first-order valence-electron chi connectivity index (χ1n) is 8.72. The van der Waals surface area contributed by atoms with Gasteiger partial charge >= 0.3 is 0 Å². The monoisotopic (exact) mass is 391 g/mol. The smallest absolute Gasteiger partial charge is 0.260 e. The Labute approximate surface area is 165 Å². The lowest BCUT2D eigenvalue weighted by molar-refractivity contribution is -0.127. The molecular formula is C21H26ClNO2S. The summed E-state index contributed by atoms with van der Waals surface area (Å²) >= 11 is 7.98. The SMILES string of the molecule is Cc1ccccc1CSCCNC(=O)[C@@H](C)Oc1cc(C)c(Cl)c(C)c1. The molecule has 26 heavy (non-hydrogen) atoms. The van der Waals surface area contributed by atoms with Gasteiger partial charge in [-0.2, -0.15) is 11.8 Å². The van der Waals surface area contributed by atoms with Gasteiger partial charge in [0.1, 0.15) is 5.75 Å². The molecule has 0 heterocycles. The Balaban J connectivity index is 1.73. The molecule has 3 nitrogen and oxygen atoms in total. The van der Waals surface area contributed by atoms with Crippen molar-refractivity contribution in [3.05, 3.63) is 63.7 Å². The molecule has 0 radical (unpaired) electrons. The van der Waals surface area contributed by atoms with E-state index >= 15 is 0 Å². The van der Waals surface area contributed by atoms with Crippen molar-refractivity contribution in [2.45, 2.75) is 39.6 Å². The molecule has 2 aromatic rings. The second-order valence-corrected chi connectivity index (χ2v) is 7.88. The molecule has 0 aliphatic heterocycles. The highest BCUT2D eigenvalue weighted by atomic mass is 35.5. The highest BCUT2D eigenvalue weighted by molar-refractivity contribution is 7.98. The van der Waals surface area contributed by atoms with Gasteiger partial charge in [-0.15, -0.1) is 0 Å². The number of hydrogen-bond donors (Lipinski definition) is 1. The molecule has 5 heteroatoms. The van der Waals surface area contributed by atoms with Crippen LogP contribution >= 0.6 is 23.4 Å². The Hall–Kier alpha value is -1.65. The second-order valence-electron chi connectivity index (χ2n) is 6.40. The lowest BCUT2D eigenvalue weighted by Crippen LogP contribution is -2.37. The van der Waals surface area contributed by atoms with Gasteiger partial charge in [0.15, 0.2) is 6.10 Å². The summed E-state index contributed by atoms with van der Waals surface area (Å²) in [5.41, 5.74) is 4.54. The lowest BCUT2D eigenvalue weighted by atomic mass is 10.1. The fourth-order valence-corrected chi connectivity index (χ4v) is 3.62. The highest BCUT2D eigenvalue weighted by Crippen LogP contribution is 2.26. The van der Waals surface area contributed by atoms with Gasteiger partial charge in [0.05, 0.1) is 0 Å². The number of aryl methyl sites for hydroxylation is 3. The molecule has 2 rings (SSSR count). The molecule has 0 fully saturated rings. The van der Waals surface area contributed by atoms with Crippen LogP contribution in [0.15, 0.2) is 36.4 Å². The van der Waals surface area contributed by atoms with Crippen molar-refractivity contribution in [2.75, 3.05) is 12.3 Å². The van der Waals surface area contributed by atoms with Gasteiger partial charge in [-0.1, -0.05) is 35.9 Å². The van der Waals surface area contributed by atoms with Crippen LogP contribution in [-0.2, 0) is 10.5 Å². The zero-order valence-corrected chi connectivity index (χ0v) is 17.3. The highest BCUT2D eigenvalue weighted by Gasteiger charge is 2.15. The third kappa shape index (κ3) is 5.96. The standard InChI is InChI=1S/C21H26ClNO2S/c1-14-7-5-6-8-18(14)13-26-10-9-23-21(24)17(4)25-19-11-15(2)20(22)16(3)12-19/h5-8,11-12,17H,9-10,13H2,1-4H3,(H,23,24)/t17-/m1/s1. The van der Waals surface area contributed by atoms with E-state index in [0.29, 0.717) is 12.3 Å². The summed E-state index contributed by atoms with van der Waals surface area (Å²) in [7, 11) is 0. The molecule has 0 spiro atoms. The van der Waals surface area contributed by atoms with Gasteiger partial charge in [-0.05, 0) is 62.1 Å². The maximum absolute atomic E-state index is 12.2. The topological polar surface area (TPSA) is 38.3 Å². The fourth-order valence-electron chi connectivity index (χ4n) is 2.58. The molecule has 0 aliphatic rings. The molecule has 0 bridgehead atoms. The van der Waals surface area contributed by atoms with E-state index in [9.17, 15) is 4.79 Å². The van der Waals surface area contributed by atoms with Crippen LogP contribution in [-0.4, -0.2) is 24.3 Å². The van der Waals surface area contributed by atoms with Crippen molar-refractivity contribution in [1.29, 1.82) is 0 Å². The number of hydrogen-bond acceptors (Lipinski definition) is 3. The van der Waals surface area contributed by atoms with E-state index in [-0.39, 0.29) is 5.91 Å². The number of rotatable bonds is 8. The van der Waals surface area contributed by atoms with Gasteiger partial charge in [0.25, 0.3) is 5.91 Å². The minimum Gasteiger partial charge on any atom is -0.481 e. The quantitative estimate of drug-likeness (QED) is 0.637. The number of thioether (sulfide) groups is 1. The van der Waals surface area contributed by atoms with Gasteiger partial charge in [-0.25, -0.2) is 0 Å². The molecule has 1 N–H and O–H groups in total. The minimum absolute atomic E-state index is 0.105. The molecule has 1 atom stereocenters. The van der Waals surface area contributed by atoms with E-state index < -0.39 is 6.10 Å². The van der Waals surface area contributed by atoms with E-state index in [1.165, 1.54) is 11.1 Å². The van der Waals surface area contributed by atoms with E-state index in [2.05, 4.69) is 36.5 Å². The van der Waals surface area contributed by atoms with Crippen molar-refractivity contribution in [3.63, 3.8) is 0 Å². The van der Waals surface area contributed by atoms with Crippen molar-refractivity contribution in [1.82, 2.24) is 5.32 Å². The zero-order valence-electron chi connectivity index (χ0n) is 15.8. The van der Waals surface area contributed by atoms with Gasteiger partial charge in [-0.3, -0.25) is 4.79 Å². The van der Waals surface area contributed by atoms with Crippen LogP contribution in [0.25, 0.3) is 0 Å². The lowest BCUT2D eigenvalue weighted by Gasteiger charge is -2.16. The van der Waals surface area contributed by atoms with E-state index in [1.807, 2.05) is 37.7 Å². The molecule has 0 saturated heterocycles. The van der Waals surface area contributed by atoms with E-state index in [0.717, 1.165) is 27.7 Å². The first kappa shape index (κ1) is 20.7. The first-order chi connectivity index (χ1) is 12.4. The minimum atomic E-state index is -0.545. The fraction of sp³-hybridized carbons (Fsp3) is 0.381.